The average Bonchev–Trinajstić information content (AvgIpc) is 2.82. The van der Waals surface area contributed by atoms with Gasteiger partial charge in [-0.15, -0.1) is 0 Å². The number of aliphatic hydroxyl groups is 1. The molecule has 1 aliphatic heterocycles. The second-order valence-electron chi connectivity index (χ2n) is 7.92. The summed E-state index contributed by atoms with van der Waals surface area (Å²) in [6.07, 6.45) is 2.16. The van der Waals surface area contributed by atoms with Crippen LogP contribution in [0.3, 0.4) is 0 Å². The maximum atomic E-state index is 12.3. The predicted octanol–water partition coefficient (Wildman–Crippen LogP) is 3.84. The van der Waals surface area contributed by atoms with Gasteiger partial charge in [0.15, 0.2) is 17.3 Å². The highest BCUT2D eigenvalue weighted by Crippen LogP contribution is 2.33. The van der Waals surface area contributed by atoms with Crippen LogP contribution < -0.4 is 19.5 Å². The van der Waals surface area contributed by atoms with Gasteiger partial charge < -0.3 is 24.6 Å². The van der Waals surface area contributed by atoms with Crippen LogP contribution >= 0.6 is 0 Å². The lowest BCUT2D eigenvalue weighted by molar-refractivity contribution is -0.122. The quantitative estimate of drug-likeness (QED) is 0.407. The Labute approximate surface area is 188 Å². The van der Waals surface area contributed by atoms with Gasteiger partial charge in [0.1, 0.15) is 19.0 Å². The number of nitrogens with one attached hydrogen (secondary N) is 1. The molecular formula is C25H31NO6. The molecule has 0 saturated heterocycles. The number of Topliss-reactive ketones (excluding diaryl/α,β-unsaturated/α-hetero) is 1. The Morgan fingerprint density at radius 3 is 2.41 bits per heavy atom. The molecule has 0 aliphatic carbocycles. The third-order valence-corrected chi connectivity index (χ3v) is 5.49. The number of ketones is 1. The van der Waals surface area contributed by atoms with Gasteiger partial charge in [0.2, 0.25) is 5.91 Å². The number of unbranched alkanes of at least 4 members (excludes halogenated alkanes) is 2. The van der Waals surface area contributed by atoms with Crippen LogP contribution in [0.4, 0.5) is 0 Å². The second kappa shape index (κ2) is 11.5. The Balaban J connectivity index is 1.35. The minimum absolute atomic E-state index is 0.0910. The highest BCUT2D eigenvalue weighted by molar-refractivity contribution is 5.96. The van der Waals surface area contributed by atoms with Gasteiger partial charge in [0.05, 0.1) is 19.3 Å². The topological polar surface area (TPSA) is 94.1 Å². The van der Waals surface area contributed by atoms with Crippen molar-refractivity contribution in [1.29, 1.82) is 0 Å². The van der Waals surface area contributed by atoms with Crippen LogP contribution in [0.2, 0.25) is 0 Å². The average molecular weight is 442 g/mol. The summed E-state index contributed by atoms with van der Waals surface area (Å²) >= 11 is 0. The van der Waals surface area contributed by atoms with E-state index in [0.29, 0.717) is 55.1 Å². The van der Waals surface area contributed by atoms with E-state index in [4.69, 9.17) is 14.2 Å². The first-order valence-corrected chi connectivity index (χ1v) is 11.0. The molecule has 1 amide bonds. The minimum Gasteiger partial charge on any atom is -0.497 e. The summed E-state index contributed by atoms with van der Waals surface area (Å²) in [5.41, 5.74) is 1.34. The third-order valence-electron chi connectivity index (χ3n) is 5.49. The molecule has 0 fully saturated rings. The highest BCUT2D eigenvalue weighted by atomic mass is 16.6. The molecule has 2 aromatic carbocycles. The Morgan fingerprint density at radius 2 is 1.69 bits per heavy atom. The maximum Gasteiger partial charge on any atom is 0.220 e. The number of fused-ring (bicyclic) bond motifs is 1. The summed E-state index contributed by atoms with van der Waals surface area (Å²) in [5.74, 6) is 1.97. The molecule has 2 aromatic rings. The molecule has 32 heavy (non-hydrogen) atoms. The molecule has 2 N–H and O–H groups in total. The minimum atomic E-state index is -0.850. The van der Waals surface area contributed by atoms with Gasteiger partial charge in [-0.1, -0.05) is 12.5 Å². The van der Waals surface area contributed by atoms with Crippen LogP contribution in [0.15, 0.2) is 42.5 Å². The SMILES string of the molecule is COc1ccc(C(=O)CCCCCC(=O)NC(C)C(O)c2ccc3c(c2)OCCO3)cc1. The van der Waals surface area contributed by atoms with E-state index in [1.165, 1.54) is 0 Å². The number of methoxy groups -OCH3 is 1. The number of benzene rings is 2. The number of ether oxygens (including phenoxy) is 3. The smallest absolute Gasteiger partial charge is 0.220 e. The lowest BCUT2D eigenvalue weighted by Crippen LogP contribution is -2.37. The summed E-state index contributed by atoms with van der Waals surface area (Å²) in [5, 5.41) is 13.4. The first kappa shape index (κ1) is 23.6. The maximum absolute atomic E-state index is 12.3. The van der Waals surface area contributed by atoms with Crippen LogP contribution in [-0.4, -0.2) is 43.2 Å². The number of amides is 1. The van der Waals surface area contributed by atoms with E-state index in [2.05, 4.69) is 5.32 Å². The van der Waals surface area contributed by atoms with Crippen molar-refractivity contribution in [2.24, 2.45) is 0 Å². The molecule has 0 spiro atoms. The van der Waals surface area contributed by atoms with E-state index < -0.39 is 12.1 Å². The lowest BCUT2D eigenvalue weighted by atomic mass is 10.0. The molecule has 0 radical (unpaired) electrons. The van der Waals surface area contributed by atoms with Gasteiger partial charge in [-0.05, 0) is 61.7 Å². The summed E-state index contributed by atoms with van der Waals surface area (Å²) < 4.78 is 16.1. The van der Waals surface area contributed by atoms with Crippen molar-refractivity contribution >= 4 is 11.7 Å². The number of rotatable bonds is 11. The zero-order valence-corrected chi connectivity index (χ0v) is 18.6. The second-order valence-corrected chi connectivity index (χ2v) is 7.92. The first-order chi connectivity index (χ1) is 15.5. The molecule has 2 atom stereocenters. The van der Waals surface area contributed by atoms with E-state index in [1.54, 1.807) is 56.5 Å². The van der Waals surface area contributed by atoms with Crippen molar-refractivity contribution in [3.8, 4) is 17.2 Å². The molecule has 7 nitrogen and oxygen atoms in total. The molecule has 7 heteroatoms. The van der Waals surface area contributed by atoms with E-state index in [9.17, 15) is 14.7 Å². The Morgan fingerprint density at radius 1 is 1.00 bits per heavy atom. The summed E-state index contributed by atoms with van der Waals surface area (Å²) in [6.45, 7) is 2.76. The molecular weight excluding hydrogens is 410 g/mol. The van der Waals surface area contributed by atoms with Gasteiger partial charge in [0.25, 0.3) is 0 Å². The zero-order chi connectivity index (χ0) is 22.9. The van der Waals surface area contributed by atoms with Crippen molar-refractivity contribution in [2.45, 2.75) is 51.2 Å². The normalized spacial score (nSPS) is 14.3. The van der Waals surface area contributed by atoms with Gasteiger partial charge in [-0.3, -0.25) is 9.59 Å². The highest BCUT2D eigenvalue weighted by Gasteiger charge is 2.21. The van der Waals surface area contributed by atoms with Crippen molar-refractivity contribution in [1.82, 2.24) is 5.32 Å². The van der Waals surface area contributed by atoms with Crippen LogP contribution in [0.5, 0.6) is 17.2 Å². The standard InChI is InChI=1S/C25H31NO6/c1-17(25(29)19-10-13-22-23(16-19)32-15-14-31-22)26-24(28)7-5-3-4-6-21(27)18-8-11-20(30-2)12-9-18/h8-13,16-17,25,29H,3-7,14-15H2,1-2H3,(H,26,28). The van der Waals surface area contributed by atoms with Crippen molar-refractivity contribution in [3.05, 3.63) is 53.6 Å². The van der Waals surface area contributed by atoms with Crippen LogP contribution in [0, 0.1) is 0 Å². The molecule has 2 unspecified atom stereocenters. The molecule has 0 saturated carbocycles. The third kappa shape index (κ3) is 6.47. The number of carbonyl (C=O) groups excluding carboxylic acids is 2. The number of hydrogen-bond acceptors (Lipinski definition) is 6. The fourth-order valence-electron chi connectivity index (χ4n) is 3.61. The van der Waals surface area contributed by atoms with Gasteiger partial charge in [-0.2, -0.15) is 0 Å². The molecule has 3 rings (SSSR count). The zero-order valence-electron chi connectivity index (χ0n) is 18.6. The summed E-state index contributed by atoms with van der Waals surface area (Å²) in [6, 6.07) is 11.9. The summed E-state index contributed by atoms with van der Waals surface area (Å²) in [7, 11) is 1.59. The van der Waals surface area contributed by atoms with Crippen LogP contribution in [-0.2, 0) is 4.79 Å². The molecule has 1 heterocycles. The number of carbonyl (C=O) groups is 2. The van der Waals surface area contributed by atoms with E-state index in [1.807, 2.05) is 0 Å². The molecule has 172 valence electrons. The Hall–Kier alpha value is -3.06. The largest absolute Gasteiger partial charge is 0.497 e. The van der Waals surface area contributed by atoms with Crippen molar-refractivity contribution < 1.29 is 28.9 Å². The number of hydrogen-bond donors (Lipinski definition) is 2. The number of aliphatic hydroxyl groups excluding tert-OH is 1. The lowest BCUT2D eigenvalue weighted by Gasteiger charge is -2.23. The van der Waals surface area contributed by atoms with Crippen LogP contribution in [0.25, 0.3) is 0 Å². The Bertz CT molecular complexity index is 911. The van der Waals surface area contributed by atoms with Crippen molar-refractivity contribution in [2.75, 3.05) is 20.3 Å². The molecule has 0 aromatic heterocycles. The molecule has 0 bridgehead atoms. The first-order valence-electron chi connectivity index (χ1n) is 11.0. The van der Waals surface area contributed by atoms with Crippen LogP contribution in [0.1, 0.15) is 61.1 Å². The van der Waals surface area contributed by atoms with Gasteiger partial charge in [-0.25, -0.2) is 0 Å². The Kier molecular flexibility index (Phi) is 8.50. The van der Waals surface area contributed by atoms with E-state index in [-0.39, 0.29) is 11.7 Å². The van der Waals surface area contributed by atoms with E-state index in [0.717, 1.165) is 18.6 Å². The van der Waals surface area contributed by atoms with E-state index >= 15 is 0 Å². The van der Waals surface area contributed by atoms with Gasteiger partial charge >= 0.3 is 0 Å². The monoisotopic (exact) mass is 441 g/mol. The fraction of sp³-hybridized carbons (Fsp3) is 0.440. The van der Waals surface area contributed by atoms with Crippen molar-refractivity contribution in [3.63, 3.8) is 0 Å². The molecule has 1 aliphatic rings. The van der Waals surface area contributed by atoms with Gasteiger partial charge in [0, 0.05) is 18.4 Å². The summed E-state index contributed by atoms with van der Waals surface area (Å²) in [4.78, 5) is 24.5. The predicted molar refractivity (Wildman–Crippen MR) is 120 cm³/mol. The fourth-order valence-corrected chi connectivity index (χ4v) is 3.61.